The van der Waals surface area contributed by atoms with Gasteiger partial charge in [0, 0.05) is 18.7 Å². The van der Waals surface area contributed by atoms with Crippen molar-refractivity contribution in [2.24, 2.45) is 5.92 Å². The van der Waals surface area contributed by atoms with Gasteiger partial charge in [-0.1, -0.05) is 18.2 Å². The smallest absolute Gasteiger partial charge is 0.254 e. The van der Waals surface area contributed by atoms with Gasteiger partial charge in [-0.25, -0.2) is 13.1 Å². The lowest BCUT2D eigenvalue weighted by Gasteiger charge is -2.32. The van der Waals surface area contributed by atoms with Crippen molar-refractivity contribution in [3.63, 3.8) is 0 Å². The van der Waals surface area contributed by atoms with Crippen molar-refractivity contribution in [2.75, 3.05) is 26.7 Å². The van der Waals surface area contributed by atoms with E-state index in [2.05, 4.69) is 16.9 Å². The molecule has 7 heteroatoms. The minimum Gasteiger partial charge on any atom is -0.494 e. The predicted octanol–water partition coefficient (Wildman–Crippen LogP) is 3.79. The van der Waals surface area contributed by atoms with Crippen molar-refractivity contribution in [1.82, 2.24) is 9.62 Å². The van der Waals surface area contributed by atoms with E-state index in [1.807, 2.05) is 30.9 Å². The summed E-state index contributed by atoms with van der Waals surface area (Å²) in [5.74, 6) is 1.41. The molecule has 3 rings (SSSR count). The van der Waals surface area contributed by atoms with Crippen LogP contribution in [-0.2, 0) is 16.4 Å². The molecule has 0 aromatic heterocycles. The van der Waals surface area contributed by atoms with Gasteiger partial charge < -0.3 is 9.64 Å². The number of ether oxygens (including phenoxy) is 1. The molecule has 0 radical (unpaired) electrons. The van der Waals surface area contributed by atoms with Crippen molar-refractivity contribution in [3.05, 3.63) is 59.2 Å². The molecule has 168 valence electrons. The number of likely N-dealkylation sites (tertiary alicyclic amines) is 1. The number of carbonyl (C=O) groups excluding carboxylic acids is 1. The van der Waals surface area contributed by atoms with Gasteiger partial charge in [0.2, 0.25) is 10.0 Å². The molecule has 0 bridgehead atoms. The third-order valence-corrected chi connectivity index (χ3v) is 7.41. The van der Waals surface area contributed by atoms with Gasteiger partial charge in [0.1, 0.15) is 5.75 Å². The lowest BCUT2D eigenvalue weighted by atomic mass is 9.90. The SMILES string of the molecule is CCOc1ccc(CCC2CCN(C(=O)c3cc(S(=O)(=O)NC)ccc3C)CC2)cc1. The van der Waals surface area contributed by atoms with Crippen molar-refractivity contribution < 1.29 is 17.9 Å². The predicted molar refractivity (Wildman–Crippen MR) is 122 cm³/mol. The van der Waals surface area contributed by atoms with Gasteiger partial charge >= 0.3 is 0 Å². The second-order valence-electron chi connectivity index (χ2n) is 8.04. The van der Waals surface area contributed by atoms with E-state index in [0.29, 0.717) is 31.2 Å². The Hall–Kier alpha value is -2.38. The van der Waals surface area contributed by atoms with Crippen LogP contribution in [0.2, 0.25) is 0 Å². The van der Waals surface area contributed by atoms with E-state index in [1.165, 1.54) is 24.7 Å². The molecule has 1 heterocycles. The quantitative estimate of drug-likeness (QED) is 0.672. The van der Waals surface area contributed by atoms with Crippen LogP contribution < -0.4 is 9.46 Å². The van der Waals surface area contributed by atoms with Crippen molar-refractivity contribution in [1.29, 1.82) is 0 Å². The molecule has 1 amide bonds. The number of nitrogens with zero attached hydrogens (tertiary/aromatic N) is 1. The highest BCUT2D eigenvalue weighted by Gasteiger charge is 2.25. The van der Waals surface area contributed by atoms with Gasteiger partial charge in [-0.2, -0.15) is 0 Å². The minimum absolute atomic E-state index is 0.0874. The molecule has 6 nitrogen and oxygen atoms in total. The lowest BCUT2D eigenvalue weighted by molar-refractivity contribution is 0.0686. The van der Waals surface area contributed by atoms with Gasteiger partial charge in [-0.3, -0.25) is 4.79 Å². The number of nitrogens with one attached hydrogen (secondary N) is 1. The van der Waals surface area contributed by atoms with Crippen LogP contribution in [0.4, 0.5) is 0 Å². The molecule has 0 saturated carbocycles. The summed E-state index contributed by atoms with van der Waals surface area (Å²) >= 11 is 0. The van der Waals surface area contributed by atoms with Gasteiger partial charge in [0.15, 0.2) is 0 Å². The fourth-order valence-electron chi connectivity index (χ4n) is 4.00. The molecule has 31 heavy (non-hydrogen) atoms. The summed E-state index contributed by atoms with van der Waals surface area (Å²) in [5.41, 5.74) is 2.56. The highest BCUT2D eigenvalue weighted by Crippen LogP contribution is 2.25. The fourth-order valence-corrected chi connectivity index (χ4v) is 4.76. The molecular formula is C24H32N2O4S. The largest absolute Gasteiger partial charge is 0.494 e. The molecule has 0 unspecified atom stereocenters. The Balaban J connectivity index is 1.56. The Kier molecular flexibility index (Phi) is 7.73. The third-order valence-electron chi connectivity index (χ3n) is 6.00. The summed E-state index contributed by atoms with van der Waals surface area (Å²) < 4.78 is 32.0. The number of sulfonamides is 1. The Labute approximate surface area is 185 Å². The van der Waals surface area contributed by atoms with Crippen molar-refractivity contribution >= 4 is 15.9 Å². The standard InChI is InChI=1S/C24H32N2O4S/c1-4-30-21-10-8-19(9-11-21)6-7-20-13-15-26(16-14-20)24(27)23-17-22(12-5-18(23)2)31(28,29)25-3/h5,8-12,17,20,25H,4,6-7,13-16H2,1-3H3. The first-order valence-electron chi connectivity index (χ1n) is 10.9. The molecule has 0 atom stereocenters. The zero-order valence-electron chi connectivity index (χ0n) is 18.6. The average molecular weight is 445 g/mol. The number of piperidine rings is 1. The fraction of sp³-hybridized carbons (Fsp3) is 0.458. The van der Waals surface area contributed by atoms with Gasteiger partial charge in [-0.15, -0.1) is 0 Å². The molecule has 1 aliphatic rings. The van der Waals surface area contributed by atoms with E-state index >= 15 is 0 Å². The average Bonchev–Trinajstić information content (AvgIpc) is 2.79. The lowest BCUT2D eigenvalue weighted by Crippen LogP contribution is -2.39. The number of carbonyl (C=O) groups is 1. The zero-order chi connectivity index (χ0) is 22.4. The van der Waals surface area contributed by atoms with Crippen LogP contribution >= 0.6 is 0 Å². The molecule has 2 aromatic carbocycles. The summed E-state index contributed by atoms with van der Waals surface area (Å²) in [6.07, 6.45) is 4.06. The first-order chi connectivity index (χ1) is 14.8. The zero-order valence-corrected chi connectivity index (χ0v) is 19.4. The van der Waals surface area contributed by atoms with Crippen molar-refractivity contribution in [2.45, 2.75) is 44.4 Å². The van der Waals surface area contributed by atoms with Crippen LogP contribution in [0.15, 0.2) is 47.4 Å². The van der Waals surface area contributed by atoms with Crippen LogP contribution in [0.25, 0.3) is 0 Å². The molecular weight excluding hydrogens is 412 g/mol. The summed E-state index contributed by atoms with van der Waals surface area (Å²) in [6.45, 7) is 5.90. The van der Waals surface area contributed by atoms with Gasteiger partial charge in [0.25, 0.3) is 5.91 Å². The number of hydrogen-bond donors (Lipinski definition) is 1. The second-order valence-corrected chi connectivity index (χ2v) is 9.92. The van der Waals surface area contributed by atoms with Crippen LogP contribution in [0, 0.1) is 12.8 Å². The van der Waals surface area contributed by atoms with Crippen LogP contribution in [0.5, 0.6) is 5.75 Å². The van der Waals surface area contributed by atoms with Crippen LogP contribution in [-0.4, -0.2) is 46.0 Å². The Morgan fingerprint density at radius 1 is 1.13 bits per heavy atom. The van der Waals surface area contributed by atoms with E-state index in [1.54, 1.807) is 6.07 Å². The molecule has 0 spiro atoms. The first kappa shape index (κ1) is 23.3. The van der Waals surface area contributed by atoms with Crippen LogP contribution in [0.3, 0.4) is 0 Å². The Morgan fingerprint density at radius 2 is 1.81 bits per heavy atom. The van der Waals surface area contributed by atoms with E-state index < -0.39 is 10.0 Å². The van der Waals surface area contributed by atoms with E-state index in [0.717, 1.165) is 37.0 Å². The molecule has 2 aromatic rings. The Bertz CT molecular complexity index is 995. The van der Waals surface area contributed by atoms with E-state index in [-0.39, 0.29) is 10.8 Å². The normalized spacial score (nSPS) is 15.1. The monoisotopic (exact) mass is 444 g/mol. The minimum atomic E-state index is -3.58. The van der Waals surface area contributed by atoms with E-state index in [4.69, 9.17) is 4.74 Å². The maximum absolute atomic E-state index is 13.1. The molecule has 1 N–H and O–H groups in total. The summed E-state index contributed by atoms with van der Waals surface area (Å²) in [6, 6.07) is 13.0. The first-order valence-corrected chi connectivity index (χ1v) is 12.4. The van der Waals surface area contributed by atoms with Crippen molar-refractivity contribution in [3.8, 4) is 5.75 Å². The summed E-state index contributed by atoms with van der Waals surface area (Å²) in [4.78, 5) is 15.0. The molecule has 1 aliphatic heterocycles. The number of rotatable bonds is 8. The number of aryl methyl sites for hydroxylation is 2. The van der Waals surface area contributed by atoms with E-state index in [9.17, 15) is 13.2 Å². The topological polar surface area (TPSA) is 75.7 Å². The highest BCUT2D eigenvalue weighted by atomic mass is 32.2. The summed E-state index contributed by atoms with van der Waals surface area (Å²) in [7, 11) is -2.21. The number of hydrogen-bond acceptors (Lipinski definition) is 4. The van der Waals surface area contributed by atoms with Gasteiger partial charge in [-0.05, 0) is 87.9 Å². The second kappa shape index (κ2) is 10.3. The molecule has 1 saturated heterocycles. The Morgan fingerprint density at radius 3 is 2.42 bits per heavy atom. The third kappa shape index (κ3) is 5.86. The molecule has 0 aliphatic carbocycles. The number of amides is 1. The maximum atomic E-state index is 13.1. The summed E-state index contributed by atoms with van der Waals surface area (Å²) in [5, 5.41) is 0. The van der Waals surface area contributed by atoms with Crippen LogP contribution in [0.1, 0.15) is 47.7 Å². The molecule has 1 fully saturated rings. The number of benzene rings is 2. The highest BCUT2D eigenvalue weighted by molar-refractivity contribution is 7.89. The maximum Gasteiger partial charge on any atom is 0.254 e. The van der Waals surface area contributed by atoms with Gasteiger partial charge in [0.05, 0.1) is 11.5 Å².